The number of esters is 1. The molecule has 2 rings (SSSR count). The average Bonchev–Trinajstić information content (AvgIpc) is 2.74. The van der Waals surface area contributed by atoms with Crippen LogP contribution in [-0.2, 0) is 14.3 Å². The second kappa shape index (κ2) is 5.24. The van der Waals surface area contributed by atoms with Gasteiger partial charge in [0.15, 0.2) is 0 Å². The summed E-state index contributed by atoms with van der Waals surface area (Å²) in [5, 5.41) is 0.468. The SMILES string of the molecule is COC(=O)C1CC(=O)N(c2cc(Br)c(Cl)cn2)C1. The van der Waals surface area contributed by atoms with Gasteiger partial charge in [-0.25, -0.2) is 4.98 Å². The number of carbonyl (C=O) groups excluding carboxylic acids is 2. The fourth-order valence-corrected chi connectivity index (χ4v) is 2.22. The molecule has 1 unspecified atom stereocenters. The molecule has 1 aliphatic rings. The Morgan fingerprint density at radius 1 is 1.67 bits per heavy atom. The summed E-state index contributed by atoms with van der Waals surface area (Å²) in [7, 11) is 1.31. The molecular formula is C11H10BrClN2O3. The smallest absolute Gasteiger partial charge is 0.311 e. The molecule has 96 valence electrons. The third-order valence-electron chi connectivity index (χ3n) is 2.73. The molecule has 0 aliphatic carbocycles. The van der Waals surface area contributed by atoms with Crippen LogP contribution in [0.4, 0.5) is 5.82 Å². The molecule has 2 heterocycles. The second-order valence-electron chi connectivity index (χ2n) is 3.89. The number of aromatic nitrogens is 1. The van der Waals surface area contributed by atoms with Crippen molar-refractivity contribution in [3.63, 3.8) is 0 Å². The van der Waals surface area contributed by atoms with E-state index in [9.17, 15) is 9.59 Å². The van der Waals surface area contributed by atoms with Crippen molar-refractivity contribution in [2.75, 3.05) is 18.6 Å². The van der Waals surface area contributed by atoms with Crippen molar-refractivity contribution in [3.05, 3.63) is 21.8 Å². The Morgan fingerprint density at radius 2 is 2.39 bits per heavy atom. The van der Waals surface area contributed by atoms with Gasteiger partial charge in [-0.2, -0.15) is 0 Å². The first-order valence-corrected chi connectivity index (χ1v) is 6.39. The molecule has 0 bridgehead atoms. The molecule has 1 aromatic heterocycles. The normalized spacial score (nSPS) is 19.2. The highest BCUT2D eigenvalue weighted by molar-refractivity contribution is 9.10. The van der Waals surface area contributed by atoms with Crippen LogP contribution < -0.4 is 4.90 Å². The van der Waals surface area contributed by atoms with Crippen LogP contribution in [0.1, 0.15) is 6.42 Å². The van der Waals surface area contributed by atoms with Crippen LogP contribution in [-0.4, -0.2) is 30.5 Å². The van der Waals surface area contributed by atoms with Gasteiger partial charge in [-0.3, -0.25) is 14.5 Å². The van der Waals surface area contributed by atoms with Crippen LogP contribution in [0.2, 0.25) is 5.02 Å². The van der Waals surface area contributed by atoms with Crippen molar-refractivity contribution < 1.29 is 14.3 Å². The minimum absolute atomic E-state index is 0.146. The van der Waals surface area contributed by atoms with E-state index in [0.717, 1.165) is 0 Å². The zero-order valence-electron chi connectivity index (χ0n) is 9.52. The molecular weight excluding hydrogens is 323 g/mol. The van der Waals surface area contributed by atoms with Gasteiger partial charge >= 0.3 is 5.97 Å². The lowest BCUT2D eigenvalue weighted by molar-refractivity contribution is -0.145. The van der Waals surface area contributed by atoms with Crippen LogP contribution >= 0.6 is 27.5 Å². The number of amides is 1. The van der Waals surface area contributed by atoms with Gasteiger partial charge in [0.25, 0.3) is 0 Å². The van der Waals surface area contributed by atoms with Crippen LogP contribution in [0, 0.1) is 5.92 Å². The molecule has 7 heteroatoms. The fraction of sp³-hybridized carbons (Fsp3) is 0.364. The summed E-state index contributed by atoms with van der Waals surface area (Å²) in [5.41, 5.74) is 0. The summed E-state index contributed by atoms with van der Waals surface area (Å²) < 4.78 is 5.30. The topological polar surface area (TPSA) is 59.5 Å². The average molecular weight is 334 g/mol. The predicted octanol–water partition coefficient (Wildman–Crippen LogP) is 2.02. The zero-order chi connectivity index (χ0) is 13.3. The summed E-state index contributed by atoms with van der Waals surface area (Å²) in [6.07, 6.45) is 1.61. The van der Waals surface area contributed by atoms with Crippen LogP contribution in [0.5, 0.6) is 0 Å². The van der Waals surface area contributed by atoms with Crippen LogP contribution in [0.15, 0.2) is 16.7 Å². The van der Waals surface area contributed by atoms with Gasteiger partial charge in [0.2, 0.25) is 5.91 Å². The number of ether oxygens (including phenoxy) is 1. The number of hydrogen-bond acceptors (Lipinski definition) is 4. The summed E-state index contributed by atoms with van der Waals surface area (Å²) in [6, 6.07) is 1.65. The minimum atomic E-state index is -0.432. The van der Waals surface area contributed by atoms with Crippen LogP contribution in [0.25, 0.3) is 0 Å². The van der Waals surface area contributed by atoms with Gasteiger partial charge in [-0.05, 0) is 22.0 Å². The largest absolute Gasteiger partial charge is 0.469 e. The third kappa shape index (κ3) is 2.49. The lowest BCUT2D eigenvalue weighted by Gasteiger charge is -2.15. The Bertz CT molecular complexity index is 509. The molecule has 0 spiro atoms. The first-order valence-electron chi connectivity index (χ1n) is 5.22. The number of hydrogen-bond donors (Lipinski definition) is 0. The zero-order valence-corrected chi connectivity index (χ0v) is 11.9. The van der Waals surface area contributed by atoms with Gasteiger partial charge in [0.1, 0.15) is 5.82 Å². The quantitative estimate of drug-likeness (QED) is 0.777. The molecule has 1 saturated heterocycles. The fourth-order valence-electron chi connectivity index (χ4n) is 1.81. The number of rotatable bonds is 2. The van der Waals surface area contributed by atoms with Crippen molar-refractivity contribution in [1.82, 2.24) is 4.98 Å². The monoisotopic (exact) mass is 332 g/mol. The minimum Gasteiger partial charge on any atom is -0.469 e. The second-order valence-corrected chi connectivity index (χ2v) is 5.15. The Morgan fingerprint density at radius 3 is 3.00 bits per heavy atom. The van der Waals surface area contributed by atoms with Gasteiger partial charge < -0.3 is 4.74 Å². The Kier molecular flexibility index (Phi) is 3.87. The standard InChI is InChI=1S/C11H10BrClN2O3/c1-18-11(17)6-2-10(16)15(5-6)9-3-7(12)8(13)4-14-9/h3-4,6H,2,5H2,1H3. The number of pyridine rings is 1. The van der Waals surface area contributed by atoms with E-state index in [1.54, 1.807) is 6.07 Å². The molecule has 18 heavy (non-hydrogen) atoms. The van der Waals surface area contributed by atoms with Gasteiger partial charge in [-0.15, -0.1) is 0 Å². The highest BCUT2D eigenvalue weighted by atomic mass is 79.9. The first kappa shape index (κ1) is 13.3. The molecule has 0 N–H and O–H groups in total. The third-order valence-corrected chi connectivity index (χ3v) is 3.92. The van der Waals surface area contributed by atoms with Gasteiger partial charge in [0, 0.05) is 23.6 Å². The van der Waals surface area contributed by atoms with Gasteiger partial charge in [-0.1, -0.05) is 11.6 Å². The Labute approximate surface area is 117 Å². The van der Waals surface area contributed by atoms with Crippen molar-refractivity contribution in [2.24, 2.45) is 5.92 Å². The molecule has 0 radical (unpaired) electrons. The number of methoxy groups -OCH3 is 1. The highest BCUT2D eigenvalue weighted by Gasteiger charge is 2.36. The number of halogens is 2. The van der Waals surface area contributed by atoms with Crippen molar-refractivity contribution in [2.45, 2.75) is 6.42 Å². The lowest BCUT2D eigenvalue weighted by Crippen LogP contribution is -2.27. The molecule has 1 fully saturated rings. The molecule has 1 atom stereocenters. The Balaban J connectivity index is 2.21. The molecule has 1 aromatic rings. The van der Waals surface area contributed by atoms with E-state index in [0.29, 0.717) is 15.3 Å². The summed E-state index contributed by atoms with van der Waals surface area (Å²) in [6.45, 7) is 0.284. The highest BCUT2D eigenvalue weighted by Crippen LogP contribution is 2.29. The molecule has 1 amide bonds. The molecule has 0 saturated carbocycles. The van der Waals surface area contributed by atoms with Crippen LogP contribution in [0.3, 0.4) is 0 Å². The predicted molar refractivity (Wildman–Crippen MR) is 69.4 cm³/mol. The van der Waals surface area contributed by atoms with E-state index in [1.807, 2.05) is 0 Å². The Hall–Kier alpha value is -1.14. The number of anilines is 1. The maximum absolute atomic E-state index is 11.8. The van der Waals surface area contributed by atoms with Crippen molar-refractivity contribution in [3.8, 4) is 0 Å². The lowest BCUT2D eigenvalue weighted by atomic mass is 10.1. The van der Waals surface area contributed by atoms with E-state index in [4.69, 9.17) is 11.6 Å². The summed E-state index contributed by atoms with van der Waals surface area (Å²) >= 11 is 9.11. The van der Waals surface area contributed by atoms with Crippen molar-refractivity contribution in [1.29, 1.82) is 0 Å². The maximum atomic E-state index is 11.8. The van der Waals surface area contributed by atoms with Crippen molar-refractivity contribution >= 4 is 45.2 Å². The maximum Gasteiger partial charge on any atom is 0.311 e. The number of nitrogens with zero attached hydrogens (tertiary/aromatic N) is 2. The first-order chi connectivity index (χ1) is 8.52. The molecule has 5 nitrogen and oxygen atoms in total. The van der Waals surface area contributed by atoms with Gasteiger partial charge in [0.05, 0.1) is 18.1 Å². The number of carbonyl (C=O) groups is 2. The van der Waals surface area contributed by atoms with E-state index in [2.05, 4.69) is 25.7 Å². The van der Waals surface area contributed by atoms with E-state index < -0.39 is 5.92 Å². The molecule has 0 aromatic carbocycles. The summed E-state index contributed by atoms with van der Waals surface area (Å²) in [5.74, 6) is -0.479. The van der Waals surface area contributed by atoms with E-state index in [1.165, 1.54) is 18.2 Å². The van der Waals surface area contributed by atoms with E-state index in [-0.39, 0.29) is 24.8 Å². The van der Waals surface area contributed by atoms with E-state index >= 15 is 0 Å². The summed E-state index contributed by atoms with van der Waals surface area (Å²) in [4.78, 5) is 28.8. The molecule has 1 aliphatic heterocycles.